The van der Waals surface area contributed by atoms with Crippen LogP contribution in [0.3, 0.4) is 0 Å². The van der Waals surface area contributed by atoms with Crippen LogP contribution in [0.15, 0.2) is 86.9 Å². The molecule has 0 saturated heterocycles. The van der Waals surface area contributed by atoms with Gasteiger partial charge in [0.2, 0.25) is 15.9 Å². The van der Waals surface area contributed by atoms with Crippen molar-refractivity contribution >= 4 is 32.7 Å². The summed E-state index contributed by atoms with van der Waals surface area (Å²) in [6.07, 6.45) is 1.76. The van der Waals surface area contributed by atoms with E-state index in [9.17, 15) is 18.0 Å². The van der Waals surface area contributed by atoms with E-state index in [4.69, 9.17) is 4.42 Å². The highest BCUT2D eigenvalue weighted by Crippen LogP contribution is 2.27. The van der Waals surface area contributed by atoms with E-state index in [1.807, 2.05) is 54.6 Å². The molecular weight excluding hydrogens is 454 g/mol. The molecule has 1 aliphatic rings. The number of rotatable bonds is 6. The van der Waals surface area contributed by atoms with Crippen LogP contribution in [0.5, 0.6) is 0 Å². The minimum absolute atomic E-state index is 0.0203. The van der Waals surface area contributed by atoms with Crippen LogP contribution in [-0.4, -0.2) is 25.4 Å². The molecule has 0 radical (unpaired) electrons. The maximum Gasteiger partial charge on any atom is 0.420 e. The fourth-order valence-corrected chi connectivity index (χ4v) is 5.27. The Hall–Kier alpha value is -3.69. The Balaban J connectivity index is 1.39. The molecule has 0 aliphatic carbocycles. The number of benzene rings is 3. The van der Waals surface area contributed by atoms with Gasteiger partial charge in [0.05, 0.1) is 10.4 Å². The van der Waals surface area contributed by atoms with Crippen molar-refractivity contribution in [1.29, 1.82) is 0 Å². The zero-order valence-corrected chi connectivity index (χ0v) is 19.1. The Labute approximate surface area is 196 Å². The van der Waals surface area contributed by atoms with Gasteiger partial charge in [-0.25, -0.2) is 17.9 Å². The molecule has 1 N–H and O–H groups in total. The first kappa shape index (κ1) is 22.1. The molecule has 0 fully saturated rings. The van der Waals surface area contributed by atoms with Gasteiger partial charge in [-0.1, -0.05) is 48.5 Å². The maximum atomic E-state index is 13.1. The van der Waals surface area contributed by atoms with Gasteiger partial charge in [-0.15, -0.1) is 0 Å². The standard InChI is InChI=1S/C25H23N3O5S/c29-24(27-14-6-10-19-9-4-5-11-21(19)27)17-28-22-13-12-20(15-23(22)33-25(28)30)34(31,32)26-16-18-7-2-1-3-8-18/h1-5,7-9,11-13,15,26H,6,10,14,16-17H2. The molecule has 174 valence electrons. The molecule has 4 aromatic rings. The number of oxazole rings is 1. The smallest absolute Gasteiger partial charge is 0.408 e. The second-order valence-electron chi connectivity index (χ2n) is 8.17. The monoisotopic (exact) mass is 477 g/mol. The predicted octanol–water partition coefficient (Wildman–Crippen LogP) is 3.05. The van der Waals surface area contributed by atoms with Gasteiger partial charge in [-0.05, 0) is 42.2 Å². The van der Waals surface area contributed by atoms with Crippen molar-refractivity contribution in [1.82, 2.24) is 9.29 Å². The highest BCUT2D eigenvalue weighted by Gasteiger charge is 2.24. The van der Waals surface area contributed by atoms with Gasteiger partial charge in [-0.2, -0.15) is 0 Å². The first-order valence-electron chi connectivity index (χ1n) is 11.0. The Kier molecular flexibility index (Phi) is 5.80. The highest BCUT2D eigenvalue weighted by molar-refractivity contribution is 7.89. The number of aromatic nitrogens is 1. The summed E-state index contributed by atoms with van der Waals surface area (Å²) in [5.41, 5.74) is 3.26. The van der Waals surface area contributed by atoms with E-state index >= 15 is 0 Å². The van der Waals surface area contributed by atoms with E-state index < -0.39 is 15.8 Å². The Morgan fingerprint density at radius 2 is 1.76 bits per heavy atom. The number of carbonyl (C=O) groups excluding carboxylic acids is 1. The van der Waals surface area contributed by atoms with E-state index in [1.165, 1.54) is 22.8 Å². The average Bonchev–Trinajstić information content (AvgIpc) is 3.17. The van der Waals surface area contributed by atoms with Gasteiger partial charge < -0.3 is 9.32 Å². The summed E-state index contributed by atoms with van der Waals surface area (Å²) in [4.78, 5) is 27.3. The van der Waals surface area contributed by atoms with Crippen molar-refractivity contribution in [2.75, 3.05) is 11.4 Å². The van der Waals surface area contributed by atoms with Gasteiger partial charge in [0.25, 0.3) is 0 Å². The van der Waals surface area contributed by atoms with Gasteiger partial charge in [0.1, 0.15) is 6.54 Å². The lowest BCUT2D eigenvalue weighted by Crippen LogP contribution is -2.39. The van der Waals surface area contributed by atoms with Crippen LogP contribution < -0.4 is 15.4 Å². The fraction of sp³-hybridized carbons (Fsp3) is 0.200. The third-order valence-corrected chi connectivity index (χ3v) is 7.36. The number of fused-ring (bicyclic) bond motifs is 2. The van der Waals surface area contributed by atoms with Gasteiger partial charge in [-0.3, -0.25) is 9.36 Å². The summed E-state index contributed by atoms with van der Waals surface area (Å²) in [6.45, 7) is 0.520. The number of nitrogens with zero attached hydrogens (tertiary/aromatic N) is 2. The zero-order chi connectivity index (χ0) is 23.7. The second kappa shape index (κ2) is 8.92. The molecule has 1 aliphatic heterocycles. The molecule has 9 heteroatoms. The molecule has 0 atom stereocenters. The molecule has 0 spiro atoms. The van der Waals surface area contributed by atoms with Gasteiger partial charge >= 0.3 is 5.76 Å². The van der Waals surface area contributed by atoms with Crippen LogP contribution in [0, 0.1) is 0 Å². The van der Waals surface area contributed by atoms with Crippen molar-refractivity contribution < 1.29 is 17.6 Å². The molecule has 1 amide bonds. The van der Waals surface area contributed by atoms with Crippen LogP contribution in [0.25, 0.3) is 11.1 Å². The van der Waals surface area contributed by atoms with Crippen LogP contribution in [0.2, 0.25) is 0 Å². The Morgan fingerprint density at radius 3 is 2.59 bits per heavy atom. The van der Waals surface area contributed by atoms with Gasteiger partial charge in [0.15, 0.2) is 5.58 Å². The SMILES string of the molecule is O=C(Cn1c(=O)oc2cc(S(=O)(=O)NCc3ccccc3)ccc21)N1CCCc2ccccc21. The van der Waals surface area contributed by atoms with E-state index in [2.05, 4.69) is 4.72 Å². The summed E-state index contributed by atoms with van der Waals surface area (Å²) in [6, 6.07) is 21.1. The minimum atomic E-state index is -3.82. The number of aryl methyl sites for hydroxylation is 1. The van der Waals surface area contributed by atoms with Crippen LogP contribution in [-0.2, 0) is 34.3 Å². The van der Waals surface area contributed by atoms with Crippen molar-refractivity contribution in [2.45, 2.75) is 30.8 Å². The third kappa shape index (κ3) is 4.27. The van der Waals surface area contributed by atoms with E-state index in [0.29, 0.717) is 12.1 Å². The summed E-state index contributed by atoms with van der Waals surface area (Å²) >= 11 is 0. The lowest BCUT2D eigenvalue weighted by atomic mass is 10.0. The van der Waals surface area contributed by atoms with Crippen molar-refractivity contribution in [2.24, 2.45) is 0 Å². The first-order chi connectivity index (χ1) is 16.4. The number of amides is 1. The lowest BCUT2D eigenvalue weighted by molar-refractivity contribution is -0.119. The molecule has 8 nitrogen and oxygen atoms in total. The minimum Gasteiger partial charge on any atom is -0.408 e. The zero-order valence-electron chi connectivity index (χ0n) is 18.3. The molecule has 1 aromatic heterocycles. The summed E-state index contributed by atoms with van der Waals surface area (Å²) < 4.78 is 34.6. The normalized spacial score (nSPS) is 13.7. The molecule has 2 heterocycles. The number of hydrogen-bond acceptors (Lipinski definition) is 5. The Bertz CT molecular complexity index is 1520. The molecule has 0 bridgehead atoms. The van der Waals surface area contributed by atoms with E-state index in [0.717, 1.165) is 29.7 Å². The third-order valence-electron chi connectivity index (χ3n) is 5.96. The highest BCUT2D eigenvalue weighted by atomic mass is 32.2. The quantitative estimate of drug-likeness (QED) is 0.460. The molecule has 0 saturated carbocycles. The summed E-state index contributed by atoms with van der Waals surface area (Å²) in [5.74, 6) is -0.932. The number of carbonyl (C=O) groups is 1. The second-order valence-corrected chi connectivity index (χ2v) is 9.94. The van der Waals surface area contributed by atoms with Crippen LogP contribution in [0.4, 0.5) is 5.69 Å². The lowest BCUT2D eigenvalue weighted by Gasteiger charge is -2.29. The fourth-order valence-electron chi connectivity index (χ4n) is 4.23. The number of nitrogens with one attached hydrogen (secondary N) is 1. The molecule has 5 rings (SSSR count). The van der Waals surface area contributed by atoms with E-state index in [-0.39, 0.29) is 29.5 Å². The maximum absolute atomic E-state index is 13.1. The van der Waals surface area contributed by atoms with Crippen molar-refractivity contribution in [3.8, 4) is 0 Å². The molecule has 0 unspecified atom stereocenters. The van der Waals surface area contributed by atoms with Crippen LogP contribution >= 0.6 is 0 Å². The van der Waals surface area contributed by atoms with Gasteiger partial charge in [0, 0.05) is 24.8 Å². The summed E-state index contributed by atoms with van der Waals surface area (Å²) in [5, 5.41) is 0. The average molecular weight is 478 g/mol. The number of anilines is 1. The first-order valence-corrected chi connectivity index (χ1v) is 12.5. The Morgan fingerprint density at radius 1 is 1.00 bits per heavy atom. The predicted molar refractivity (Wildman–Crippen MR) is 128 cm³/mol. The van der Waals surface area contributed by atoms with E-state index in [1.54, 1.807) is 4.90 Å². The number of hydrogen-bond donors (Lipinski definition) is 1. The van der Waals surface area contributed by atoms with Crippen molar-refractivity contribution in [3.05, 3.63) is 94.5 Å². The molecule has 34 heavy (non-hydrogen) atoms. The largest absolute Gasteiger partial charge is 0.420 e. The topological polar surface area (TPSA) is 102 Å². The molecule has 3 aromatic carbocycles. The summed E-state index contributed by atoms with van der Waals surface area (Å²) in [7, 11) is -3.82. The number of para-hydroxylation sites is 1. The molecular formula is C25H23N3O5S. The van der Waals surface area contributed by atoms with Crippen LogP contribution in [0.1, 0.15) is 17.5 Å². The number of sulfonamides is 1. The van der Waals surface area contributed by atoms with Crippen molar-refractivity contribution in [3.63, 3.8) is 0 Å².